The molecule has 0 aliphatic carbocycles. The highest BCUT2D eigenvalue weighted by atomic mass is 35.5. The molecule has 2 saturated heterocycles. The highest BCUT2D eigenvalue weighted by Crippen LogP contribution is 2.43. The number of ketones is 1. The molecule has 5 heterocycles. The summed E-state index contributed by atoms with van der Waals surface area (Å²) in [5.41, 5.74) is 7.32. The number of carbonyl (C=O) groups excluding carboxylic acids is 1. The van der Waals surface area contributed by atoms with Gasteiger partial charge in [-0.3, -0.25) is 14.4 Å². The molecular weight excluding hydrogens is 638 g/mol. The second kappa shape index (κ2) is 12.6. The zero-order valence-electron chi connectivity index (χ0n) is 29.8. The maximum absolute atomic E-state index is 13.2. The van der Waals surface area contributed by atoms with Gasteiger partial charge < -0.3 is 13.9 Å². The van der Waals surface area contributed by atoms with Crippen LogP contribution in [0.4, 0.5) is 0 Å². The maximum atomic E-state index is 13.2. The Balaban J connectivity index is 1.36. The summed E-state index contributed by atoms with van der Waals surface area (Å²) in [4.78, 5) is 26.0. The van der Waals surface area contributed by atoms with Crippen LogP contribution in [-0.4, -0.2) is 68.4 Å². The highest BCUT2D eigenvalue weighted by Gasteiger charge is 2.34. The van der Waals surface area contributed by atoms with Crippen LogP contribution in [0.3, 0.4) is 0 Å². The minimum atomic E-state index is -0.799. The first-order valence-corrected chi connectivity index (χ1v) is 17.7. The second-order valence-electron chi connectivity index (χ2n) is 15.6. The number of pyridine rings is 1. The summed E-state index contributed by atoms with van der Waals surface area (Å²) < 4.78 is 20.6. The van der Waals surface area contributed by atoms with Crippen molar-refractivity contribution in [1.82, 2.24) is 24.6 Å². The summed E-state index contributed by atoms with van der Waals surface area (Å²) in [6.07, 6.45) is 1.26. The van der Waals surface area contributed by atoms with E-state index in [4.69, 9.17) is 40.6 Å². The average molecular weight is 684 g/mol. The molecule has 258 valence electrons. The standard InChI is InChI=1S/C39H46ClN5O4/c1-22-19-29-36(32(24-9-11-26(40)12-10-24)31(22)35(23(2)46)49-39(6,7)8)48-37(42-29)28-13-14-30-34(41-28)33(43-45(30)38(3,4)5)25-15-17-44(18-16-25)27-20-47-21-27/h9-14,19,25,27,35H,15-18,20-21H2,1-8H3/t35-/m1/s1. The number of benzene rings is 2. The smallest absolute Gasteiger partial charge is 0.246 e. The SMILES string of the molecule is CC(=O)[C@@H](OC(C)(C)C)c1c(C)cc2nc(-c3ccc4c(n3)c(C3CCN(C5COC5)CC3)nn4C(C)(C)C)oc2c1-c1ccc(Cl)cc1. The fourth-order valence-corrected chi connectivity index (χ4v) is 7.28. The number of likely N-dealkylation sites (tertiary alicyclic amines) is 1. The highest BCUT2D eigenvalue weighted by molar-refractivity contribution is 6.30. The molecule has 10 heteroatoms. The molecule has 0 radical (unpaired) electrons. The Kier molecular flexibility index (Phi) is 8.71. The molecule has 49 heavy (non-hydrogen) atoms. The van der Waals surface area contributed by atoms with Gasteiger partial charge in [0, 0.05) is 22.1 Å². The molecule has 9 nitrogen and oxygen atoms in total. The van der Waals surface area contributed by atoms with Crippen molar-refractivity contribution in [3.05, 3.63) is 64.3 Å². The monoisotopic (exact) mass is 683 g/mol. The zero-order valence-corrected chi connectivity index (χ0v) is 30.5. The molecule has 3 aromatic heterocycles. The molecule has 7 rings (SSSR count). The number of hydrogen-bond donors (Lipinski definition) is 0. The molecule has 5 aromatic rings. The molecular formula is C39H46ClN5O4. The predicted octanol–water partition coefficient (Wildman–Crippen LogP) is 8.65. The number of aryl methyl sites for hydroxylation is 1. The van der Waals surface area contributed by atoms with Crippen LogP contribution in [0.2, 0.25) is 5.02 Å². The van der Waals surface area contributed by atoms with Gasteiger partial charge in [0.2, 0.25) is 5.89 Å². The van der Waals surface area contributed by atoms with Crippen molar-refractivity contribution in [3.8, 4) is 22.7 Å². The fourth-order valence-electron chi connectivity index (χ4n) is 7.16. The van der Waals surface area contributed by atoms with E-state index in [-0.39, 0.29) is 11.3 Å². The molecule has 0 bridgehead atoms. The van der Waals surface area contributed by atoms with Crippen molar-refractivity contribution in [2.24, 2.45) is 0 Å². The van der Waals surface area contributed by atoms with E-state index in [1.807, 2.05) is 64.1 Å². The van der Waals surface area contributed by atoms with E-state index in [0.717, 1.165) is 78.1 Å². The number of rotatable bonds is 7. The summed E-state index contributed by atoms with van der Waals surface area (Å²) in [7, 11) is 0. The van der Waals surface area contributed by atoms with Crippen molar-refractivity contribution in [1.29, 1.82) is 0 Å². The first-order chi connectivity index (χ1) is 23.2. The Morgan fingerprint density at radius 3 is 2.29 bits per heavy atom. The maximum Gasteiger partial charge on any atom is 0.246 e. The summed E-state index contributed by atoms with van der Waals surface area (Å²) in [6.45, 7) is 19.7. The Morgan fingerprint density at radius 1 is 1.00 bits per heavy atom. The van der Waals surface area contributed by atoms with Gasteiger partial charge in [0.1, 0.15) is 22.8 Å². The quantitative estimate of drug-likeness (QED) is 0.168. The lowest BCUT2D eigenvalue weighted by atomic mass is 9.89. The summed E-state index contributed by atoms with van der Waals surface area (Å²) >= 11 is 6.31. The zero-order chi connectivity index (χ0) is 34.8. The number of Topliss-reactive ketones (excluding diaryl/α,β-unsaturated/α-hetero) is 1. The first kappa shape index (κ1) is 33.8. The molecule has 2 fully saturated rings. The van der Waals surface area contributed by atoms with Crippen molar-refractivity contribution in [3.63, 3.8) is 0 Å². The number of aromatic nitrogens is 4. The Bertz CT molecular complexity index is 2020. The summed E-state index contributed by atoms with van der Waals surface area (Å²) in [5, 5.41) is 5.84. The minimum absolute atomic E-state index is 0.0883. The molecule has 1 atom stereocenters. The van der Waals surface area contributed by atoms with Crippen LogP contribution < -0.4 is 0 Å². The minimum Gasteiger partial charge on any atom is -0.434 e. The van der Waals surface area contributed by atoms with Crippen LogP contribution in [0, 0.1) is 6.92 Å². The number of fused-ring (bicyclic) bond motifs is 2. The number of ether oxygens (including phenoxy) is 2. The lowest BCUT2D eigenvalue weighted by Gasteiger charge is -2.41. The molecule has 2 aliphatic rings. The lowest BCUT2D eigenvalue weighted by Crippen LogP contribution is -2.51. The van der Waals surface area contributed by atoms with Gasteiger partial charge in [-0.25, -0.2) is 9.97 Å². The third-order valence-electron chi connectivity index (χ3n) is 9.62. The molecule has 0 unspecified atom stereocenters. The molecule has 2 aliphatic heterocycles. The van der Waals surface area contributed by atoms with E-state index < -0.39 is 11.7 Å². The summed E-state index contributed by atoms with van der Waals surface area (Å²) in [5.74, 6) is 0.631. The molecule has 0 saturated carbocycles. The number of hydrogen-bond acceptors (Lipinski definition) is 8. The van der Waals surface area contributed by atoms with Crippen LogP contribution >= 0.6 is 11.6 Å². The Labute approximate surface area is 292 Å². The predicted molar refractivity (Wildman–Crippen MR) is 193 cm³/mol. The molecule has 0 spiro atoms. The van der Waals surface area contributed by atoms with Crippen LogP contribution in [0.25, 0.3) is 44.8 Å². The van der Waals surface area contributed by atoms with E-state index in [1.54, 1.807) is 6.92 Å². The lowest BCUT2D eigenvalue weighted by molar-refractivity contribution is -0.138. The van der Waals surface area contributed by atoms with Gasteiger partial charge in [0.15, 0.2) is 11.4 Å². The fraction of sp³-hybridized carbons (Fsp3) is 0.487. The van der Waals surface area contributed by atoms with Gasteiger partial charge in [0.05, 0.1) is 41.6 Å². The van der Waals surface area contributed by atoms with Crippen LogP contribution in [0.1, 0.15) is 90.2 Å². The third kappa shape index (κ3) is 6.54. The van der Waals surface area contributed by atoms with Crippen molar-refractivity contribution >= 4 is 39.5 Å². The number of oxazole rings is 1. The van der Waals surface area contributed by atoms with Gasteiger partial charge in [0.25, 0.3) is 0 Å². The Morgan fingerprint density at radius 2 is 1.69 bits per heavy atom. The number of nitrogens with zero attached hydrogens (tertiary/aromatic N) is 5. The van der Waals surface area contributed by atoms with E-state index in [2.05, 4.69) is 36.4 Å². The van der Waals surface area contributed by atoms with E-state index in [9.17, 15) is 4.79 Å². The van der Waals surface area contributed by atoms with Crippen molar-refractivity contribution < 1.29 is 18.7 Å². The Hall–Kier alpha value is -3.63. The van der Waals surface area contributed by atoms with Gasteiger partial charge in [-0.2, -0.15) is 5.10 Å². The molecule has 0 amide bonds. The molecule has 2 aromatic carbocycles. The van der Waals surface area contributed by atoms with Crippen LogP contribution in [-0.2, 0) is 19.8 Å². The number of halogens is 1. The summed E-state index contributed by atoms with van der Waals surface area (Å²) in [6, 6.07) is 14.1. The average Bonchev–Trinajstić information content (AvgIpc) is 3.60. The van der Waals surface area contributed by atoms with Gasteiger partial charge >= 0.3 is 0 Å². The topological polar surface area (TPSA) is 95.5 Å². The van der Waals surface area contributed by atoms with E-state index in [0.29, 0.717) is 39.7 Å². The van der Waals surface area contributed by atoms with Crippen molar-refractivity contribution in [2.75, 3.05) is 26.3 Å². The van der Waals surface area contributed by atoms with Crippen LogP contribution in [0.5, 0.6) is 0 Å². The second-order valence-corrected chi connectivity index (χ2v) is 16.0. The van der Waals surface area contributed by atoms with Gasteiger partial charge in [-0.05, 0) is 123 Å². The largest absolute Gasteiger partial charge is 0.434 e. The van der Waals surface area contributed by atoms with Crippen molar-refractivity contribution in [2.45, 2.75) is 97.4 Å². The van der Waals surface area contributed by atoms with E-state index in [1.165, 1.54) is 0 Å². The normalized spacial score (nSPS) is 17.6. The van der Waals surface area contributed by atoms with E-state index >= 15 is 0 Å². The third-order valence-corrected chi connectivity index (χ3v) is 9.88. The van der Waals surface area contributed by atoms with Gasteiger partial charge in [-0.15, -0.1) is 0 Å². The number of carbonyl (C=O) groups is 1. The van der Waals surface area contributed by atoms with Crippen LogP contribution in [0.15, 0.2) is 46.9 Å². The molecule has 0 N–H and O–H groups in total. The number of piperidine rings is 1. The first-order valence-electron chi connectivity index (χ1n) is 17.3. The van der Waals surface area contributed by atoms with Gasteiger partial charge in [-0.1, -0.05) is 23.7 Å².